The number of aromatic hydroxyl groups is 1. The SMILES string of the molecule is Cn1ccc(CNc2nc(=NC3CC3)n3ncc(=Cc4[nH]c(=O)[nH]c4O)c3n2)n1. The van der Waals surface area contributed by atoms with Gasteiger partial charge < -0.3 is 15.4 Å². The maximum Gasteiger partial charge on any atom is 0.326 e. The lowest BCUT2D eigenvalue weighted by Gasteiger charge is -2.03. The van der Waals surface area contributed by atoms with Crippen LogP contribution in [0.2, 0.25) is 0 Å². The van der Waals surface area contributed by atoms with Crippen LogP contribution >= 0.6 is 0 Å². The van der Waals surface area contributed by atoms with E-state index in [1.54, 1.807) is 21.5 Å². The number of aromatic nitrogens is 8. The number of nitrogens with zero attached hydrogens (tertiary/aromatic N) is 7. The van der Waals surface area contributed by atoms with E-state index in [0.717, 1.165) is 18.5 Å². The first-order valence-corrected chi connectivity index (χ1v) is 9.10. The Bertz CT molecular complexity index is 1370. The van der Waals surface area contributed by atoms with E-state index in [1.807, 2.05) is 19.3 Å². The van der Waals surface area contributed by atoms with Crippen molar-refractivity contribution >= 4 is 17.7 Å². The summed E-state index contributed by atoms with van der Waals surface area (Å²) in [5, 5.41) is 22.3. The number of aryl methyl sites for hydroxylation is 1. The smallest absolute Gasteiger partial charge is 0.326 e. The minimum atomic E-state index is -0.498. The summed E-state index contributed by atoms with van der Waals surface area (Å²) in [5.41, 5.74) is 1.55. The average Bonchev–Trinajstić information content (AvgIpc) is 3.10. The summed E-state index contributed by atoms with van der Waals surface area (Å²) >= 11 is 0. The molecule has 1 aliphatic carbocycles. The zero-order chi connectivity index (χ0) is 20.0. The zero-order valence-corrected chi connectivity index (χ0v) is 15.5. The van der Waals surface area contributed by atoms with Gasteiger partial charge in [-0.3, -0.25) is 9.67 Å². The van der Waals surface area contributed by atoms with Gasteiger partial charge in [0.25, 0.3) is 5.62 Å². The molecular weight excluding hydrogens is 376 g/mol. The number of hydrogen-bond donors (Lipinski definition) is 4. The van der Waals surface area contributed by atoms with E-state index in [2.05, 4.69) is 40.4 Å². The van der Waals surface area contributed by atoms with Crippen LogP contribution in [0.5, 0.6) is 5.88 Å². The molecule has 1 saturated carbocycles. The van der Waals surface area contributed by atoms with E-state index in [1.165, 1.54) is 0 Å². The van der Waals surface area contributed by atoms with Crippen LogP contribution in [0.1, 0.15) is 24.2 Å². The highest BCUT2D eigenvalue weighted by Gasteiger charge is 2.21. The first kappa shape index (κ1) is 17.2. The Kier molecular flexibility index (Phi) is 3.89. The van der Waals surface area contributed by atoms with Gasteiger partial charge in [0.05, 0.1) is 24.5 Å². The van der Waals surface area contributed by atoms with Crippen LogP contribution in [0.4, 0.5) is 5.95 Å². The van der Waals surface area contributed by atoms with Crippen molar-refractivity contribution in [3.63, 3.8) is 0 Å². The molecule has 1 fully saturated rings. The second-order valence-corrected chi connectivity index (χ2v) is 6.86. The van der Waals surface area contributed by atoms with Gasteiger partial charge in [-0.15, -0.1) is 0 Å². The quantitative estimate of drug-likeness (QED) is 0.331. The Morgan fingerprint density at radius 3 is 2.93 bits per heavy atom. The van der Waals surface area contributed by atoms with E-state index < -0.39 is 5.69 Å². The van der Waals surface area contributed by atoms with Crippen molar-refractivity contribution in [1.29, 1.82) is 0 Å². The second-order valence-electron chi connectivity index (χ2n) is 6.86. The number of aromatic amines is 2. The lowest BCUT2D eigenvalue weighted by molar-refractivity contribution is 0.454. The predicted octanol–water partition coefficient (Wildman–Crippen LogP) is -1.20. The topological polar surface area (TPSA) is 154 Å². The molecule has 0 aliphatic heterocycles. The van der Waals surface area contributed by atoms with Gasteiger partial charge in [0, 0.05) is 18.5 Å². The van der Waals surface area contributed by atoms with E-state index >= 15 is 0 Å². The zero-order valence-electron chi connectivity index (χ0n) is 15.5. The van der Waals surface area contributed by atoms with E-state index in [-0.39, 0.29) is 17.6 Å². The molecule has 0 bridgehead atoms. The summed E-state index contributed by atoms with van der Waals surface area (Å²) < 4.78 is 3.28. The van der Waals surface area contributed by atoms with Crippen LogP contribution < -0.4 is 21.8 Å². The Morgan fingerprint density at radius 1 is 1.38 bits per heavy atom. The molecule has 0 radical (unpaired) electrons. The van der Waals surface area contributed by atoms with Gasteiger partial charge in [-0.1, -0.05) is 0 Å². The minimum Gasteiger partial charge on any atom is -0.493 e. The van der Waals surface area contributed by atoms with E-state index in [4.69, 9.17) is 0 Å². The Labute approximate surface area is 162 Å². The van der Waals surface area contributed by atoms with Gasteiger partial charge in [-0.2, -0.15) is 24.7 Å². The molecule has 0 saturated heterocycles. The number of anilines is 1. The molecule has 12 nitrogen and oxygen atoms in total. The van der Waals surface area contributed by atoms with Crippen LogP contribution in [0, 0.1) is 0 Å². The molecule has 29 heavy (non-hydrogen) atoms. The van der Waals surface area contributed by atoms with Crippen LogP contribution in [-0.2, 0) is 13.6 Å². The summed E-state index contributed by atoms with van der Waals surface area (Å²) in [5.74, 6) is 0.143. The summed E-state index contributed by atoms with van der Waals surface area (Å²) in [6.45, 7) is 0.457. The van der Waals surface area contributed by atoms with Crippen molar-refractivity contribution in [3.05, 3.63) is 51.2 Å². The van der Waals surface area contributed by atoms with Crippen molar-refractivity contribution < 1.29 is 5.11 Å². The third-order valence-electron chi connectivity index (χ3n) is 4.45. The molecule has 1 aliphatic rings. The Balaban J connectivity index is 1.60. The van der Waals surface area contributed by atoms with Gasteiger partial charge in [-0.25, -0.2) is 9.79 Å². The van der Waals surface area contributed by atoms with E-state index in [9.17, 15) is 9.90 Å². The van der Waals surface area contributed by atoms with Gasteiger partial charge in [0.2, 0.25) is 11.8 Å². The standard InChI is InChI=1S/C17H18N10O2/c1-26-5-4-11(25-26)8-18-15-22-13-9(6-12-14(28)23-17(29)21-12)7-19-27(13)16(24-15)20-10-2-3-10/h4-7,10,28H,2-3,8H2,1H3,(H,18,20,24)(H2,21,23,29). The lowest BCUT2D eigenvalue weighted by Crippen LogP contribution is -2.24. The molecular formula is C17H18N10O2. The van der Waals surface area contributed by atoms with Gasteiger partial charge in [-0.05, 0) is 25.0 Å². The third kappa shape index (κ3) is 3.47. The van der Waals surface area contributed by atoms with Crippen molar-refractivity contribution in [1.82, 2.24) is 39.3 Å². The molecule has 4 aromatic heterocycles. The number of fused-ring (bicyclic) bond motifs is 1. The van der Waals surface area contributed by atoms with Crippen LogP contribution in [0.25, 0.3) is 11.7 Å². The summed E-state index contributed by atoms with van der Waals surface area (Å²) in [7, 11) is 1.85. The number of nitrogens with one attached hydrogen (secondary N) is 3. The summed E-state index contributed by atoms with van der Waals surface area (Å²) in [6.07, 6.45) is 7.10. The maximum absolute atomic E-state index is 11.4. The lowest BCUT2D eigenvalue weighted by atomic mass is 10.3. The number of imidazole rings is 1. The van der Waals surface area contributed by atoms with Crippen molar-refractivity contribution in [2.75, 3.05) is 5.32 Å². The molecule has 12 heteroatoms. The minimum absolute atomic E-state index is 0.243. The molecule has 0 aromatic carbocycles. The maximum atomic E-state index is 11.4. The predicted molar refractivity (Wildman–Crippen MR) is 102 cm³/mol. The van der Waals surface area contributed by atoms with Crippen molar-refractivity contribution in [3.8, 4) is 5.88 Å². The molecule has 4 N–H and O–H groups in total. The highest BCUT2D eigenvalue weighted by molar-refractivity contribution is 5.57. The molecule has 5 rings (SSSR count). The molecule has 4 heterocycles. The number of rotatable bonds is 5. The van der Waals surface area contributed by atoms with Gasteiger partial charge in [0.15, 0.2) is 5.65 Å². The fraction of sp³-hybridized carbons (Fsp3) is 0.294. The largest absolute Gasteiger partial charge is 0.493 e. The fourth-order valence-corrected chi connectivity index (χ4v) is 2.89. The molecule has 0 atom stereocenters. The Morgan fingerprint density at radius 2 is 2.24 bits per heavy atom. The third-order valence-corrected chi connectivity index (χ3v) is 4.45. The first-order valence-electron chi connectivity index (χ1n) is 9.10. The highest BCUT2D eigenvalue weighted by atomic mass is 16.3. The van der Waals surface area contributed by atoms with E-state index in [0.29, 0.717) is 29.0 Å². The summed E-state index contributed by atoms with van der Waals surface area (Å²) in [6, 6.07) is 2.16. The van der Waals surface area contributed by atoms with Crippen molar-refractivity contribution in [2.45, 2.75) is 25.4 Å². The molecule has 148 valence electrons. The van der Waals surface area contributed by atoms with Crippen molar-refractivity contribution in [2.24, 2.45) is 12.0 Å². The molecule has 4 aromatic rings. The number of hydrogen-bond acceptors (Lipinski definition) is 8. The average molecular weight is 394 g/mol. The molecule has 0 amide bonds. The first-order chi connectivity index (χ1) is 14.0. The van der Waals surface area contributed by atoms with Gasteiger partial charge in [0.1, 0.15) is 5.69 Å². The number of H-pyrrole nitrogens is 2. The van der Waals surface area contributed by atoms with Crippen LogP contribution in [0.15, 0.2) is 28.2 Å². The Hall–Kier alpha value is -3.96. The molecule has 0 unspecified atom stereocenters. The second kappa shape index (κ2) is 6.58. The fourth-order valence-electron chi connectivity index (χ4n) is 2.89. The molecule has 0 spiro atoms. The normalized spacial score (nSPS) is 15.5. The van der Waals surface area contributed by atoms with Crippen LogP contribution in [-0.4, -0.2) is 50.5 Å². The van der Waals surface area contributed by atoms with Gasteiger partial charge >= 0.3 is 5.69 Å². The summed E-state index contributed by atoms with van der Waals surface area (Å²) in [4.78, 5) is 29.9. The monoisotopic (exact) mass is 394 g/mol. The van der Waals surface area contributed by atoms with Crippen LogP contribution in [0.3, 0.4) is 0 Å². The highest BCUT2D eigenvalue weighted by Crippen LogP contribution is 2.22.